The van der Waals surface area contributed by atoms with Gasteiger partial charge in [-0.05, 0) is 68.4 Å². The molecule has 1 heterocycles. The van der Waals surface area contributed by atoms with Gasteiger partial charge in [-0.1, -0.05) is 30.3 Å². The monoisotopic (exact) mass is 473 g/mol. The summed E-state index contributed by atoms with van der Waals surface area (Å²) in [5, 5.41) is 7.24. The molecular formula is C27H24FN3O4. The van der Waals surface area contributed by atoms with E-state index >= 15 is 0 Å². The predicted molar refractivity (Wildman–Crippen MR) is 130 cm³/mol. The maximum absolute atomic E-state index is 13.5. The summed E-state index contributed by atoms with van der Waals surface area (Å²) in [6.45, 7) is 3.59. The zero-order valence-corrected chi connectivity index (χ0v) is 19.3. The molecule has 0 radical (unpaired) electrons. The standard InChI is InChI=1S/C27H24FN3O4/c1-3-34-27(33)24-17-25(31(30-24)22-14-12-20(28)13-15-22)19-8-7-9-21(16-19)29-26(32)18(2)35-23-10-5-4-6-11-23/h4-18H,3H2,1-2H3,(H,29,32)/t18-/m1/s1. The molecule has 178 valence electrons. The number of rotatable bonds is 8. The molecule has 4 rings (SSSR count). The summed E-state index contributed by atoms with van der Waals surface area (Å²) in [7, 11) is 0. The number of ether oxygens (including phenoxy) is 2. The average Bonchev–Trinajstić information content (AvgIpc) is 3.31. The number of nitrogens with zero attached hydrogens (tertiary/aromatic N) is 2. The highest BCUT2D eigenvalue weighted by molar-refractivity contribution is 5.95. The van der Waals surface area contributed by atoms with E-state index in [1.54, 1.807) is 62.4 Å². The first kappa shape index (κ1) is 23.7. The van der Waals surface area contributed by atoms with Crippen LogP contribution < -0.4 is 10.1 Å². The number of benzene rings is 3. The van der Waals surface area contributed by atoms with Crippen molar-refractivity contribution in [2.24, 2.45) is 0 Å². The Morgan fingerprint density at radius 3 is 2.46 bits per heavy atom. The van der Waals surface area contributed by atoms with Gasteiger partial charge in [0.25, 0.3) is 5.91 Å². The van der Waals surface area contributed by atoms with Crippen LogP contribution in [0.15, 0.2) is 84.9 Å². The van der Waals surface area contributed by atoms with Crippen LogP contribution in [0, 0.1) is 5.82 Å². The molecule has 35 heavy (non-hydrogen) atoms. The van der Waals surface area contributed by atoms with Gasteiger partial charge in [0.05, 0.1) is 18.0 Å². The van der Waals surface area contributed by atoms with Crippen molar-refractivity contribution in [3.8, 4) is 22.7 Å². The molecule has 0 saturated carbocycles. The average molecular weight is 474 g/mol. The number of halogens is 1. The Hall–Kier alpha value is -4.46. The Morgan fingerprint density at radius 2 is 1.74 bits per heavy atom. The lowest BCUT2D eigenvalue weighted by Crippen LogP contribution is -2.30. The van der Waals surface area contributed by atoms with Crippen LogP contribution in [0.3, 0.4) is 0 Å². The van der Waals surface area contributed by atoms with Gasteiger partial charge in [-0.3, -0.25) is 4.79 Å². The maximum atomic E-state index is 13.5. The van der Waals surface area contributed by atoms with Crippen molar-refractivity contribution in [3.63, 3.8) is 0 Å². The molecule has 1 amide bonds. The third kappa shape index (κ3) is 5.73. The number of aromatic nitrogens is 2. The number of carbonyl (C=O) groups excluding carboxylic acids is 2. The molecule has 0 unspecified atom stereocenters. The summed E-state index contributed by atoms with van der Waals surface area (Å²) in [6, 6.07) is 23.6. The maximum Gasteiger partial charge on any atom is 0.358 e. The van der Waals surface area contributed by atoms with Crippen molar-refractivity contribution in [1.29, 1.82) is 0 Å². The Labute approximate surface area is 202 Å². The summed E-state index contributed by atoms with van der Waals surface area (Å²) in [5.41, 5.74) is 2.48. The minimum atomic E-state index is -0.721. The second-order valence-corrected chi connectivity index (χ2v) is 7.67. The fourth-order valence-corrected chi connectivity index (χ4v) is 3.43. The number of nitrogens with one attached hydrogen (secondary N) is 1. The highest BCUT2D eigenvalue weighted by Gasteiger charge is 2.19. The summed E-state index contributed by atoms with van der Waals surface area (Å²) >= 11 is 0. The van der Waals surface area contributed by atoms with Crippen LogP contribution in [0.4, 0.5) is 10.1 Å². The highest BCUT2D eigenvalue weighted by atomic mass is 19.1. The van der Waals surface area contributed by atoms with E-state index in [0.717, 1.165) is 0 Å². The summed E-state index contributed by atoms with van der Waals surface area (Å²) in [4.78, 5) is 25.0. The first-order chi connectivity index (χ1) is 16.9. The molecule has 7 nitrogen and oxygen atoms in total. The Balaban J connectivity index is 1.61. The van der Waals surface area contributed by atoms with Crippen LogP contribution in [-0.4, -0.2) is 34.4 Å². The molecule has 1 aromatic heterocycles. The van der Waals surface area contributed by atoms with Crippen molar-refractivity contribution >= 4 is 17.6 Å². The SMILES string of the molecule is CCOC(=O)c1cc(-c2cccc(NC(=O)[C@@H](C)Oc3ccccc3)c2)n(-c2ccc(F)cc2)n1. The minimum absolute atomic E-state index is 0.116. The molecule has 0 aliphatic heterocycles. The molecule has 3 aromatic carbocycles. The topological polar surface area (TPSA) is 82.5 Å². The third-order valence-electron chi connectivity index (χ3n) is 5.12. The van der Waals surface area contributed by atoms with E-state index in [0.29, 0.717) is 28.4 Å². The van der Waals surface area contributed by atoms with E-state index in [4.69, 9.17) is 9.47 Å². The number of para-hydroxylation sites is 1. The van der Waals surface area contributed by atoms with Gasteiger partial charge in [0.2, 0.25) is 0 Å². The molecule has 0 fully saturated rings. The van der Waals surface area contributed by atoms with E-state index in [-0.39, 0.29) is 24.0 Å². The second-order valence-electron chi connectivity index (χ2n) is 7.67. The molecular weight excluding hydrogens is 449 g/mol. The largest absolute Gasteiger partial charge is 0.481 e. The van der Waals surface area contributed by atoms with Crippen LogP contribution >= 0.6 is 0 Å². The first-order valence-electron chi connectivity index (χ1n) is 11.1. The Morgan fingerprint density at radius 1 is 1.00 bits per heavy atom. The molecule has 1 atom stereocenters. The van der Waals surface area contributed by atoms with Gasteiger partial charge in [0.1, 0.15) is 11.6 Å². The van der Waals surface area contributed by atoms with Gasteiger partial charge in [0, 0.05) is 11.3 Å². The molecule has 0 aliphatic carbocycles. The lowest BCUT2D eigenvalue weighted by atomic mass is 10.1. The van der Waals surface area contributed by atoms with Crippen molar-refractivity contribution in [2.45, 2.75) is 20.0 Å². The minimum Gasteiger partial charge on any atom is -0.481 e. The summed E-state index contributed by atoms with van der Waals surface area (Å²) < 4.78 is 25.8. The van der Waals surface area contributed by atoms with Crippen molar-refractivity contribution in [3.05, 3.63) is 96.4 Å². The van der Waals surface area contributed by atoms with Crippen LogP contribution in [-0.2, 0) is 9.53 Å². The zero-order valence-electron chi connectivity index (χ0n) is 19.3. The molecule has 8 heteroatoms. The van der Waals surface area contributed by atoms with E-state index in [1.807, 2.05) is 24.3 Å². The fourth-order valence-electron chi connectivity index (χ4n) is 3.43. The lowest BCUT2D eigenvalue weighted by molar-refractivity contribution is -0.122. The second kappa shape index (κ2) is 10.6. The number of anilines is 1. The number of carbonyl (C=O) groups is 2. The van der Waals surface area contributed by atoms with Crippen molar-refractivity contribution in [2.75, 3.05) is 11.9 Å². The molecule has 0 bridgehead atoms. The molecule has 0 saturated heterocycles. The van der Waals surface area contributed by atoms with E-state index in [1.165, 1.54) is 16.8 Å². The fraction of sp³-hybridized carbons (Fsp3) is 0.148. The first-order valence-corrected chi connectivity index (χ1v) is 11.1. The smallest absolute Gasteiger partial charge is 0.358 e. The van der Waals surface area contributed by atoms with Gasteiger partial charge in [-0.2, -0.15) is 5.10 Å². The molecule has 0 spiro atoms. The van der Waals surface area contributed by atoms with Crippen molar-refractivity contribution < 1.29 is 23.5 Å². The van der Waals surface area contributed by atoms with Gasteiger partial charge in [0.15, 0.2) is 11.8 Å². The van der Waals surface area contributed by atoms with Crippen LogP contribution in [0.1, 0.15) is 24.3 Å². The highest BCUT2D eigenvalue weighted by Crippen LogP contribution is 2.27. The van der Waals surface area contributed by atoms with E-state index < -0.39 is 12.1 Å². The third-order valence-corrected chi connectivity index (χ3v) is 5.12. The Kier molecular flexibility index (Phi) is 7.21. The van der Waals surface area contributed by atoms with Gasteiger partial charge >= 0.3 is 5.97 Å². The Bertz CT molecular complexity index is 1320. The number of hydrogen-bond acceptors (Lipinski definition) is 5. The van der Waals surface area contributed by atoms with Crippen LogP contribution in [0.2, 0.25) is 0 Å². The van der Waals surface area contributed by atoms with Crippen LogP contribution in [0.25, 0.3) is 16.9 Å². The van der Waals surface area contributed by atoms with Gasteiger partial charge in [-0.15, -0.1) is 0 Å². The van der Waals surface area contributed by atoms with Gasteiger partial charge < -0.3 is 14.8 Å². The molecule has 1 N–H and O–H groups in total. The summed E-state index contributed by atoms with van der Waals surface area (Å²) in [5.74, 6) is -0.667. The summed E-state index contributed by atoms with van der Waals surface area (Å²) in [6.07, 6.45) is -0.721. The molecule has 0 aliphatic rings. The number of amides is 1. The predicted octanol–water partition coefficient (Wildman–Crippen LogP) is 5.26. The lowest BCUT2D eigenvalue weighted by Gasteiger charge is -2.15. The zero-order chi connectivity index (χ0) is 24.8. The van der Waals surface area contributed by atoms with E-state index in [9.17, 15) is 14.0 Å². The number of hydrogen-bond donors (Lipinski definition) is 1. The van der Waals surface area contributed by atoms with Gasteiger partial charge in [-0.25, -0.2) is 13.9 Å². The van der Waals surface area contributed by atoms with Crippen molar-refractivity contribution in [1.82, 2.24) is 9.78 Å². The quantitative estimate of drug-likeness (QED) is 0.353. The van der Waals surface area contributed by atoms with E-state index in [2.05, 4.69) is 10.4 Å². The molecule has 4 aromatic rings. The normalized spacial score (nSPS) is 11.5. The van der Waals surface area contributed by atoms with Crippen LogP contribution in [0.5, 0.6) is 5.75 Å². The number of esters is 1.